The minimum Gasteiger partial charge on any atom is -0.388 e. The molecular weight excluding hydrogens is 271 g/mol. The highest BCUT2D eigenvalue weighted by Gasteiger charge is 2.29. The van der Waals surface area contributed by atoms with Crippen LogP contribution in [0.1, 0.15) is 18.4 Å². The summed E-state index contributed by atoms with van der Waals surface area (Å²) in [5.41, 5.74) is 0.897. The minimum absolute atomic E-state index is 0.259. The van der Waals surface area contributed by atoms with Crippen LogP contribution in [0.2, 0.25) is 0 Å². The van der Waals surface area contributed by atoms with E-state index in [0.717, 1.165) is 5.56 Å². The first-order valence-corrected chi connectivity index (χ1v) is 7.21. The number of aliphatic hydroxyl groups is 1. The van der Waals surface area contributed by atoms with Gasteiger partial charge in [-0.1, -0.05) is 6.07 Å². The number of nitrogens with zero attached hydrogens (tertiary/aromatic N) is 1. The molecule has 1 aliphatic rings. The Morgan fingerprint density at radius 1 is 1.29 bits per heavy atom. The van der Waals surface area contributed by atoms with E-state index in [9.17, 15) is 9.50 Å². The Balaban J connectivity index is 1.69. The molecule has 0 radical (unpaired) electrons. The maximum Gasteiger partial charge on any atom is 0.132 e. The van der Waals surface area contributed by atoms with Crippen LogP contribution in [0.5, 0.6) is 0 Å². The maximum atomic E-state index is 13.7. The SMILES string of the molecule is OC1(CNCc2ccc(F)c3cccnc23)CCOCC1. The monoisotopic (exact) mass is 290 g/mol. The Hall–Kier alpha value is -1.56. The fourth-order valence-electron chi connectivity index (χ4n) is 2.70. The highest BCUT2D eigenvalue weighted by atomic mass is 19.1. The number of aromatic nitrogens is 1. The van der Waals surface area contributed by atoms with E-state index in [0.29, 0.717) is 50.0 Å². The first-order chi connectivity index (χ1) is 10.2. The summed E-state index contributed by atoms with van der Waals surface area (Å²) < 4.78 is 19.0. The van der Waals surface area contributed by atoms with Crippen LogP contribution >= 0.6 is 0 Å². The largest absolute Gasteiger partial charge is 0.388 e. The number of ether oxygens (including phenoxy) is 1. The van der Waals surface area contributed by atoms with Gasteiger partial charge in [0.1, 0.15) is 5.82 Å². The van der Waals surface area contributed by atoms with E-state index in [2.05, 4.69) is 10.3 Å². The summed E-state index contributed by atoms with van der Waals surface area (Å²) in [4.78, 5) is 4.26. The molecule has 1 aliphatic heterocycles. The molecule has 0 amide bonds. The average molecular weight is 290 g/mol. The minimum atomic E-state index is -0.707. The molecule has 112 valence electrons. The molecule has 0 bridgehead atoms. The van der Waals surface area contributed by atoms with Crippen molar-refractivity contribution in [2.75, 3.05) is 19.8 Å². The summed E-state index contributed by atoms with van der Waals surface area (Å²) in [6.45, 7) is 2.25. The van der Waals surface area contributed by atoms with E-state index in [-0.39, 0.29) is 5.82 Å². The molecule has 3 rings (SSSR count). The second-order valence-corrected chi connectivity index (χ2v) is 5.55. The third-order valence-electron chi connectivity index (χ3n) is 3.99. The van der Waals surface area contributed by atoms with Gasteiger partial charge in [-0.25, -0.2) is 4.39 Å². The van der Waals surface area contributed by atoms with Gasteiger partial charge in [0.15, 0.2) is 0 Å². The van der Waals surface area contributed by atoms with E-state index in [4.69, 9.17) is 4.74 Å². The molecule has 0 unspecified atom stereocenters. The van der Waals surface area contributed by atoms with Crippen LogP contribution in [0.25, 0.3) is 10.9 Å². The molecule has 1 saturated heterocycles. The molecule has 1 aromatic heterocycles. The topological polar surface area (TPSA) is 54.4 Å². The zero-order valence-corrected chi connectivity index (χ0v) is 11.8. The van der Waals surface area contributed by atoms with Gasteiger partial charge in [-0.05, 0) is 23.8 Å². The number of benzene rings is 1. The predicted molar refractivity (Wildman–Crippen MR) is 78.4 cm³/mol. The molecule has 2 N–H and O–H groups in total. The summed E-state index contributed by atoms with van der Waals surface area (Å²) in [6.07, 6.45) is 2.95. The van der Waals surface area contributed by atoms with Crippen molar-refractivity contribution in [2.45, 2.75) is 25.0 Å². The van der Waals surface area contributed by atoms with Crippen molar-refractivity contribution in [1.82, 2.24) is 10.3 Å². The number of hydrogen-bond acceptors (Lipinski definition) is 4. The van der Waals surface area contributed by atoms with Crippen molar-refractivity contribution in [3.63, 3.8) is 0 Å². The lowest BCUT2D eigenvalue weighted by molar-refractivity contribution is -0.0616. The number of rotatable bonds is 4. The molecule has 0 spiro atoms. The lowest BCUT2D eigenvalue weighted by Gasteiger charge is -2.32. The van der Waals surface area contributed by atoms with Gasteiger partial charge in [0.2, 0.25) is 0 Å². The highest BCUT2D eigenvalue weighted by Crippen LogP contribution is 2.21. The summed E-state index contributed by atoms with van der Waals surface area (Å²) in [5, 5.41) is 14.2. The zero-order chi connectivity index (χ0) is 14.7. The third kappa shape index (κ3) is 3.20. The molecule has 0 saturated carbocycles. The van der Waals surface area contributed by atoms with Gasteiger partial charge in [-0.15, -0.1) is 0 Å². The molecule has 0 atom stereocenters. The van der Waals surface area contributed by atoms with Gasteiger partial charge >= 0.3 is 0 Å². The van der Waals surface area contributed by atoms with Crippen LogP contribution < -0.4 is 5.32 Å². The number of fused-ring (bicyclic) bond motifs is 1. The lowest BCUT2D eigenvalue weighted by Crippen LogP contribution is -2.44. The van der Waals surface area contributed by atoms with Gasteiger partial charge < -0.3 is 15.2 Å². The van der Waals surface area contributed by atoms with Crippen LogP contribution in [0, 0.1) is 5.82 Å². The number of pyridine rings is 1. The van der Waals surface area contributed by atoms with E-state index < -0.39 is 5.60 Å². The maximum absolute atomic E-state index is 13.7. The summed E-state index contributed by atoms with van der Waals surface area (Å²) in [7, 11) is 0. The standard InChI is InChI=1S/C16H19FN2O2/c17-14-4-3-12(15-13(14)2-1-7-19-15)10-18-11-16(20)5-8-21-9-6-16/h1-4,7,18,20H,5-6,8-11H2. The molecule has 1 fully saturated rings. The summed E-state index contributed by atoms with van der Waals surface area (Å²) in [6, 6.07) is 6.66. The van der Waals surface area contributed by atoms with Crippen LogP contribution in [0.4, 0.5) is 4.39 Å². The van der Waals surface area contributed by atoms with Crippen LogP contribution in [0.3, 0.4) is 0 Å². The first kappa shape index (κ1) is 14.4. The van der Waals surface area contributed by atoms with E-state index in [1.54, 1.807) is 24.4 Å². The molecule has 21 heavy (non-hydrogen) atoms. The number of nitrogens with one attached hydrogen (secondary N) is 1. The predicted octanol–water partition coefficient (Wildman–Crippen LogP) is 2.00. The lowest BCUT2D eigenvalue weighted by atomic mass is 9.94. The smallest absolute Gasteiger partial charge is 0.132 e. The molecule has 0 aliphatic carbocycles. The fraction of sp³-hybridized carbons (Fsp3) is 0.438. The summed E-state index contributed by atoms with van der Waals surface area (Å²) >= 11 is 0. The van der Waals surface area contributed by atoms with Crippen molar-refractivity contribution in [2.24, 2.45) is 0 Å². The number of halogens is 1. The summed E-state index contributed by atoms with van der Waals surface area (Å²) in [5.74, 6) is -0.259. The average Bonchev–Trinajstić information content (AvgIpc) is 2.50. The molecule has 4 nitrogen and oxygen atoms in total. The Morgan fingerprint density at radius 2 is 2.10 bits per heavy atom. The van der Waals surface area contributed by atoms with Crippen LogP contribution in [-0.2, 0) is 11.3 Å². The molecule has 2 aromatic rings. The van der Waals surface area contributed by atoms with Crippen LogP contribution in [-0.4, -0.2) is 35.5 Å². The second-order valence-electron chi connectivity index (χ2n) is 5.55. The quantitative estimate of drug-likeness (QED) is 0.904. The molecular formula is C16H19FN2O2. The van der Waals surface area contributed by atoms with E-state index in [1.165, 1.54) is 6.07 Å². The van der Waals surface area contributed by atoms with Gasteiger partial charge in [0.25, 0.3) is 0 Å². The van der Waals surface area contributed by atoms with Crippen molar-refractivity contribution in [3.05, 3.63) is 41.8 Å². The third-order valence-corrected chi connectivity index (χ3v) is 3.99. The van der Waals surface area contributed by atoms with E-state index in [1.807, 2.05) is 0 Å². The van der Waals surface area contributed by atoms with Gasteiger partial charge in [-0.2, -0.15) is 0 Å². The van der Waals surface area contributed by atoms with Gasteiger partial charge in [0, 0.05) is 50.7 Å². The first-order valence-electron chi connectivity index (χ1n) is 7.21. The highest BCUT2D eigenvalue weighted by molar-refractivity contribution is 5.82. The Kier molecular flexibility index (Phi) is 4.14. The van der Waals surface area contributed by atoms with Crippen molar-refractivity contribution in [3.8, 4) is 0 Å². The zero-order valence-electron chi connectivity index (χ0n) is 11.8. The van der Waals surface area contributed by atoms with Crippen molar-refractivity contribution >= 4 is 10.9 Å². The normalized spacial score (nSPS) is 18.0. The van der Waals surface area contributed by atoms with Crippen molar-refractivity contribution in [1.29, 1.82) is 0 Å². The van der Waals surface area contributed by atoms with Gasteiger partial charge in [-0.3, -0.25) is 4.98 Å². The number of hydrogen-bond donors (Lipinski definition) is 2. The van der Waals surface area contributed by atoms with E-state index >= 15 is 0 Å². The second kappa shape index (κ2) is 6.05. The van der Waals surface area contributed by atoms with Crippen molar-refractivity contribution < 1.29 is 14.2 Å². The Morgan fingerprint density at radius 3 is 2.90 bits per heavy atom. The fourth-order valence-corrected chi connectivity index (χ4v) is 2.70. The Labute approximate surface area is 123 Å². The van der Waals surface area contributed by atoms with Crippen LogP contribution in [0.15, 0.2) is 30.5 Å². The Bertz CT molecular complexity index is 627. The molecule has 5 heteroatoms. The van der Waals surface area contributed by atoms with Gasteiger partial charge in [0.05, 0.1) is 11.1 Å². The molecule has 2 heterocycles. The molecule has 1 aromatic carbocycles.